The zero-order valence-corrected chi connectivity index (χ0v) is 24.9. The number of phenolic OH excluding ortho intramolecular Hbond substituents is 1. The van der Waals surface area contributed by atoms with Crippen LogP contribution in [-0.2, 0) is 33.2 Å². The van der Waals surface area contributed by atoms with Gasteiger partial charge in [0.1, 0.15) is 22.8 Å². The van der Waals surface area contributed by atoms with Crippen molar-refractivity contribution in [2.75, 3.05) is 12.3 Å². The highest BCUT2D eigenvalue weighted by molar-refractivity contribution is 9.48. The summed E-state index contributed by atoms with van der Waals surface area (Å²) in [5.74, 6) is -1.11. The largest absolute Gasteiger partial charge is 0.508 e. The number of esters is 2. The Balaban J connectivity index is 1.39. The molecule has 10 nitrogen and oxygen atoms in total. The topological polar surface area (TPSA) is 151 Å². The predicted molar refractivity (Wildman–Crippen MR) is 161 cm³/mol. The molecule has 3 aromatic carbocycles. The summed E-state index contributed by atoms with van der Waals surface area (Å²) < 4.78 is 6.80. The van der Waals surface area contributed by atoms with E-state index in [1.807, 2.05) is 24.3 Å². The van der Waals surface area contributed by atoms with Crippen LogP contribution in [0.4, 0.5) is 5.69 Å². The summed E-state index contributed by atoms with van der Waals surface area (Å²) in [5.41, 5.74) is 6.03. The maximum absolute atomic E-state index is 12.9. The Morgan fingerprint density at radius 3 is 2.13 bits per heavy atom. The Bertz CT molecular complexity index is 1510. The molecule has 1 heterocycles. The molecule has 1 aliphatic rings. The first kappa shape index (κ1) is 29.4. The van der Waals surface area contributed by atoms with Crippen LogP contribution in [0, 0.1) is 10.1 Å². The molecule has 16 heteroatoms. The molecule has 0 unspecified atom stereocenters. The first-order chi connectivity index (χ1) is 18.5. The summed E-state index contributed by atoms with van der Waals surface area (Å²) in [6.07, 6.45) is -0.109. The van der Waals surface area contributed by atoms with Crippen molar-refractivity contribution < 1.29 is 34.1 Å². The quantitative estimate of drug-likeness (QED) is 0.0572. The lowest BCUT2D eigenvalue weighted by molar-refractivity contribution is -0.757. The maximum atomic E-state index is 12.9. The molecule has 0 radical (unpaired) electrons. The van der Waals surface area contributed by atoms with Crippen LogP contribution in [0.1, 0.15) is 23.2 Å². The van der Waals surface area contributed by atoms with E-state index in [1.54, 1.807) is 46.3 Å². The smallest absolute Gasteiger partial charge is 0.347 e. The van der Waals surface area contributed by atoms with Crippen LogP contribution in [-0.4, -0.2) is 28.7 Å². The number of nitrogens with two attached hydrogens (primary N) is 1. The Kier molecular flexibility index (Phi) is 9.25. The van der Waals surface area contributed by atoms with Gasteiger partial charge in [-0.15, -0.1) is 10.1 Å². The second kappa shape index (κ2) is 12.3. The molecule has 0 aliphatic carbocycles. The first-order valence-corrected chi connectivity index (χ1v) is 20.8. The molecule has 0 saturated carbocycles. The summed E-state index contributed by atoms with van der Waals surface area (Å²) in [6, 6.07) is 18.0. The van der Waals surface area contributed by atoms with Gasteiger partial charge in [0.2, 0.25) is 0 Å². The van der Waals surface area contributed by atoms with Crippen LogP contribution >= 0.6 is 30.9 Å². The molecule has 39 heavy (non-hydrogen) atoms. The summed E-state index contributed by atoms with van der Waals surface area (Å²) >= 11 is 15.1. The molecular formula is C23H20N2O8P2S4. The van der Waals surface area contributed by atoms with E-state index >= 15 is 0 Å². The van der Waals surface area contributed by atoms with Gasteiger partial charge in [-0.2, -0.15) is 0 Å². The number of carbonyl (C=O) groups is 2. The van der Waals surface area contributed by atoms with E-state index in [0.29, 0.717) is 0 Å². The van der Waals surface area contributed by atoms with Gasteiger partial charge in [-0.3, -0.25) is 4.79 Å². The lowest BCUT2D eigenvalue weighted by Gasteiger charge is -2.40. The van der Waals surface area contributed by atoms with Gasteiger partial charge < -0.3 is 25.2 Å². The molecule has 0 bridgehead atoms. The molecule has 0 spiro atoms. The number of nitrogen functional groups attached to an aromatic ring is 1. The van der Waals surface area contributed by atoms with E-state index in [4.69, 9.17) is 38.8 Å². The molecule has 1 aliphatic heterocycles. The number of hydrogen-bond donors (Lipinski definition) is 2. The van der Waals surface area contributed by atoms with Crippen LogP contribution in [0.15, 0.2) is 66.7 Å². The van der Waals surface area contributed by atoms with Crippen LogP contribution in [0.2, 0.25) is 0 Å². The summed E-state index contributed by atoms with van der Waals surface area (Å²) in [5, 5.41) is 20.7. The number of aromatic hydroxyl groups is 1. The number of benzene rings is 3. The van der Waals surface area contributed by atoms with Crippen molar-refractivity contribution in [2.45, 2.75) is 12.8 Å². The van der Waals surface area contributed by atoms with Gasteiger partial charge >= 0.3 is 11.9 Å². The molecule has 3 N–H and O–H groups in total. The average Bonchev–Trinajstić information content (AvgIpc) is 2.86. The van der Waals surface area contributed by atoms with Gasteiger partial charge in [-0.25, -0.2) is 4.79 Å². The Hall–Kier alpha value is -2.60. The molecule has 204 valence electrons. The molecule has 0 amide bonds. The second-order valence-electron chi connectivity index (χ2n) is 7.95. The molecule has 4 rings (SSSR count). The van der Waals surface area contributed by atoms with E-state index in [1.165, 1.54) is 18.2 Å². The summed E-state index contributed by atoms with van der Waals surface area (Å²) in [4.78, 5) is 39.4. The minimum atomic E-state index is -2.01. The van der Waals surface area contributed by atoms with Crippen molar-refractivity contribution in [3.8, 4) is 17.2 Å². The zero-order chi connectivity index (χ0) is 28.2. The van der Waals surface area contributed by atoms with Gasteiger partial charge in [-0.1, -0.05) is 45.6 Å². The molecule has 1 saturated heterocycles. The van der Waals surface area contributed by atoms with Crippen molar-refractivity contribution in [3.63, 3.8) is 0 Å². The summed E-state index contributed by atoms with van der Waals surface area (Å²) in [7, 11) is 0. The van der Waals surface area contributed by atoms with Gasteiger partial charge in [0.05, 0.1) is 15.5 Å². The fraction of sp³-hybridized carbons (Fsp3) is 0.130. The van der Waals surface area contributed by atoms with E-state index in [-0.39, 0.29) is 47.9 Å². The van der Waals surface area contributed by atoms with Gasteiger partial charge in [0.15, 0.2) is 0 Å². The highest BCUT2D eigenvalue weighted by Crippen LogP contribution is 3.04. The number of nitrogens with zero attached hydrogens (tertiary/aromatic N) is 1. The van der Waals surface area contributed by atoms with E-state index in [2.05, 4.69) is 4.84 Å². The van der Waals surface area contributed by atoms with Crippen molar-refractivity contribution in [1.29, 1.82) is 0 Å². The van der Waals surface area contributed by atoms with Crippen LogP contribution in [0.3, 0.4) is 0 Å². The SMILES string of the molecule is Nc1ccc(C(=O)Oc2ccc(P3(=S)SP(=S)(c4ccc(O)cc4)S3)cc2)c(OC(=O)CCCO[N+](=O)[O-])c1. The number of hydrogen-bond acceptors (Lipinski definition) is 13. The number of anilines is 1. The normalized spacial score (nSPS) is 19.9. The second-order valence-corrected chi connectivity index (χ2v) is 29.2. The molecular weight excluding hydrogens is 622 g/mol. The van der Waals surface area contributed by atoms with E-state index in [9.17, 15) is 24.8 Å². The average molecular weight is 643 g/mol. The summed E-state index contributed by atoms with van der Waals surface area (Å²) in [6.45, 7) is -0.263. The Labute approximate surface area is 240 Å². The highest BCUT2D eigenvalue weighted by Gasteiger charge is 2.45. The van der Waals surface area contributed by atoms with Crippen molar-refractivity contribution in [1.82, 2.24) is 0 Å². The van der Waals surface area contributed by atoms with Crippen LogP contribution in [0.5, 0.6) is 17.2 Å². The monoisotopic (exact) mass is 642 g/mol. The minimum absolute atomic E-state index is 0.0184. The van der Waals surface area contributed by atoms with E-state index in [0.717, 1.165) is 10.6 Å². The highest BCUT2D eigenvalue weighted by atomic mass is 33.7. The lowest BCUT2D eigenvalue weighted by atomic mass is 10.2. The predicted octanol–water partition coefficient (Wildman–Crippen LogP) is 5.14. The van der Waals surface area contributed by atoms with Gasteiger partial charge in [0, 0.05) is 28.8 Å². The molecule has 0 atom stereocenters. The third kappa shape index (κ3) is 7.33. The molecule has 3 aromatic rings. The first-order valence-electron chi connectivity index (χ1n) is 11.1. The maximum Gasteiger partial charge on any atom is 0.347 e. The van der Waals surface area contributed by atoms with Crippen molar-refractivity contribution >= 4 is 82.7 Å². The number of carbonyl (C=O) groups excluding carboxylic acids is 2. The Morgan fingerprint density at radius 2 is 1.54 bits per heavy atom. The van der Waals surface area contributed by atoms with Gasteiger partial charge in [0.25, 0.3) is 5.09 Å². The molecule has 0 aromatic heterocycles. The van der Waals surface area contributed by atoms with E-state index < -0.39 is 25.9 Å². The third-order valence-electron chi connectivity index (χ3n) is 5.13. The fourth-order valence-electron chi connectivity index (χ4n) is 3.29. The molecule has 1 fully saturated rings. The third-order valence-corrected chi connectivity index (χ3v) is 36.4. The standard InChI is InChI=1S/C23H20N2O8P2S4/c24-15-3-12-20(21(14-15)33-22(27)2-1-13-31-25(29)30)23(28)32-17-6-10-19(11-7-17)35(37)38-34(36,39-35)18-8-4-16(26)5-9-18/h3-12,14,26H,1-2,13,24H2. The number of ether oxygens (including phenoxy) is 2. The zero-order valence-electron chi connectivity index (χ0n) is 19.8. The minimum Gasteiger partial charge on any atom is -0.508 e. The van der Waals surface area contributed by atoms with Crippen LogP contribution in [0.25, 0.3) is 0 Å². The van der Waals surface area contributed by atoms with Crippen LogP contribution < -0.4 is 25.8 Å². The number of rotatable bonds is 10. The fourth-order valence-corrected chi connectivity index (χ4v) is 45.6. The number of phenols is 1. The van der Waals surface area contributed by atoms with Gasteiger partial charge in [-0.05, 0) is 67.1 Å². The lowest BCUT2D eigenvalue weighted by Crippen LogP contribution is -2.15. The Morgan fingerprint density at radius 1 is 0.949 bits per heavy atom. The van der Waals surface area contributed by atoms with Crippen molar-refractivity contribution in [2.24, 2.45) is 0 Å². The van der Waals surface area contributed by atoms with Crippen molar-refractivity contribution in [3.05, 3.63) is 82.4 Å².